The highest BCUT2D eigenvalue weighted by Gasteiger charge is 2.14. The maximum atomic E-state index is 12.6. The summed E-state index contributed by atoms with van der Waals surface area (Å²) in [6.45, 7) is 0.215. The number of rotatable bonds is 6. The molecule has 1 heterocycles. The summed E-state index contributed by atoms with van der Waals surface area (Å²) in [7, 11) is 6.21. The number of carbonyl (C=O) groups excluding carboxylic acids is 1. The largest absolute Gasteiger partial charge is 0.496 e. The number of hydrogen-bond donors (Lipinski definition) is 2. The summed E-state index contributed by atoms with van der Waals surface area (Å²) < 4.78 is 17.6. The van der Waals surface area contributed by atoms with Gasteiger partial charge in [-0.2, -0.15) is 0 Å². The number of nitrogens with one attached hydrogen (secondary N) is 2. The molecule has 0 saturated heterocycles. The molecule has 1 aromatic heterocycles. The zero-order chi connectivity index (χ0) is 21.1. The highest BCUT2D eigenvalue weighted by molar-refractivity contribution is 7.71. The van der Waals surface area contributed by atoms with Crippen molar-refractivity contribution >= 4 is 29.0 Å². The standard InChI is InChI=1S/C20H21N3O5S/c1-23-19(25)13-6-5-11(7-14(13)22-20(23)29)18(24)21-10-12-8-16(27-3)17(28-4)9-15(12)26-2/h5-9H,10H2,1-4H3,(H,21,24)(H,22,29). The van der Waals surface area contributed by atoms with Gasteiger partial charge in [-0.05, 0) is 36.5 Å². The first kappa shape index (κ1) is 20.4. The van der Waals surface area contributed by atoms with Crippen molar-refractivity contribution in [1.82, 2.24) is 14.9 Å². The van der Waals surface area contributed by atoms with Crippen molar-refractivity contribution in [2.24, 2.45) is 7.05 Å². The summed E-state index contributed by atoms with van der Waals surface area (Å²) in [5, 5.41) is 3.30. The van der Waals surface area contributed by atoms with Crippen LogP contribution in [-0.4, -0.2) is 36.8 Å². The molecule has 29 heavy (non-hydrogen) atoms. The summed E-state index contributed by atoms with van der Waals surface area (Å²) in [6, 6.07) is 8.26. The molecule has 0 aliphatic carbocycles. The van der Waals surface area contributed by atoms with E-state index in [0.29, 0.717) is 33.7 Å². The van der Waals surface area contributed by atoms with E-state index < -0.39 is 0 Å². The molecule has 0 radical (unpaired) electrons. The fraction of sp³-hybridized carbons (Fsp3) is 0.250. The number of aromatic amines is 1. The van der Waals surface area contributed by atoms with Crippen molar-refractivity contribution in [2.75, 3.05) is 21.3 Å². The molecule has 9 heteroatoms. The van der Waals surface area contributed by atoms with Crippen molar-refractivity contribution in [2.45, 2.75) is 6.54 Å². The van der Waals surface area contributed by atoms with Crippen LogP contribution in [0.5, 0.6) is 17.2 Å². The monoisotopic (exact) mass is 415 g/mol. The van der Waals surface area contributed by atoms with Gasteiger partial charge in [0.1, 0.15) is 5.75 Å². The second kappa shape index (κ2) is 8.36. The first-order valence-corrected chi connectivity index (χ1v) is 9.10. The summed E-state index contributed by atoms with van der Waals surface area (Å²) in [4.78, 5) is 27.9. The summed E-state index contributed by atoms with van der Waals surface area (Å²) >= 11 is 5.13. The van der Waals surface area contributed by atoms with E-state index in [-0.39, 0.29) is 22.8 Å². The van der Waals surface area contributed by atoms with Gasteiger partial charge in [0.15, 0.2) is 16.3 Å². The Labute approximate surface area is 172 Å². The topological polar surface area (TPSA) is 94.6 Å². The van der Waals surface area contributed by atoms with Crippen LogP contribution in [0.2, 0.25) is 0 Å². The molecule has 0 spiro atoms. The van der Waals surface area contributed by atoms with Gasteiger partial charge in [0.2, 0.25) is 0 Å². The van der Waals surface area contributed by atoms with Gasteiger partial charge in [-0.1, -0.05) is 0 Å². The van der Waals surface area contributed by atoms with E-state index in [4.69, 9.17) is 26.4 Å². The van der Waals surface area contributed by atoms with E-state index in [1.807, 2.05) is 0 Å². The van der Waals surface area contributed by atoms with Crippen LogP contribution in [0.15, 0.2) is 35.1 Å². The van der Waals surface area contributed by atoms with Crippen LogP contribution in [0.25, 0.3) is 10.9 Å². The van der Waals surface area contributed by atoms with Crippen LogP contribution >= 0.6 is 12.2 Å². The van der Waals surface area contributed by atoms with E-state index in [2.05, 4.69) is 10.3 Å². The van der Waals surface area contributed by atoms with E-state index in [1.165, 1.54) is 18.8 Å². The fourth-order valence-corrected chi connectivity index (χ4v) is 3.15. The molecular weight excluding hydrogens is 394 g/mol. The Morgan fingerprint density at radius 1 is 1.07 bits per heavy atom. The average molecular weight is 415 g/mol. The van der Waals surface area contributed by atoms with Gasteiger partial charge in [0, 0.05) is 30.8 Å². The highest BCUT2D eigenvalue weighted by Crippen LogP contribution is 2.34. The number of nitrogens with zero attached hydrogens (tertiary/aromatic N) is 1. The third-order valence-electron chi connectivity index (χ3n) is 4.59. The van der Waals surface area contributed by atoms with Crippen LogP contribution in [0.3, 0.4) is 0 Å². The number of carbonyl (C=O) groups is 1. The van der Waals surface area contributed by atoms with Crippen LogP contribution in [0.1, 0.15) is 15.9 Å². The predicted molar refractivity (Wildman–Crippen MR) is 112 cm³/mol. The van der Waals surface area contributed by atoms with Gasteiger partial charge >= 0.3 is 0 Å². The first-order chi connectivity index (χ1) is 13.9. The molecule has 3 aromatic rings. The van der Waals surface area contributed by atoms with Crippen molar-refractivity contribution in [3.05, 3.63) is 56.6 Å². The molecule has 0 aliphatic heterocycles. The number of hydrogen-bond acceptors (Lipinski definition) is 6. The smallest absolute Gasteiger partial charge is 0.261 e. The number of H-pyrrole nitrogens is 1. The Hall–Kier alpha value is -3.33. The van der Waals surface area contributed by atoms with E-state index in [9.17, 15) is 9.59 Å². The SMILES string of the molecule is COc1cc(OC)c(OC)cc1CNC(=O)c1ccc2c(=O)n(C)c(=S)[nH]c2c1. The van der Waals surface area contributed by atoms with E-state index in [1.54, 1.807) is 44.5 Å². The molecule has 3 rings (SSSR count). The molecule has 0 atom stereocenters. The van der Waals surface area contributed by atoms with Crippen LogP contribution in [0, 0.1) is 4.77 Å². The Morgan fingerprint density at radius 2 is 1.72 bits per heavy atom. The molecule has 1 amide bonds. The van der Waals surface area contributed by atoms with Crippen molar-refractivity contribution in [1.29, 1.82) is 0 Å². The minimum Gasteiger partial charge on any atom is -0.496 e. The highest BCUT2D eigenvalue weighted by atomic mass is 32.1. The molecule has 2 N–H and O–H groups in total. The number of amides is 1. The normalized spacial score (nSPS) is 10.6. The number of ether oxygens (including phenoxy) is 3. The third kappa shape index (κ3) is 3.95. The molecule has 152 valence electrons. The lowest BCUT2D eigenvalue weighted by atomic mass is 10.1. The van der Waals surface area contributed by atoms with Crippen LogP contribution in [-0.2, 0) is 13.6 Å². The second-order valence-electron chi connectivity index (χ2n) is 6.26. The average Bonchev–Trinajstić information content (AvgIpc) is 2.74. The molecule has 0 bridgehead atoms. The molecule has 0 unspecified atom stereocenters. The first-order valence-electron chi connectivity index (χ1n) is 8.69. The van der Waals surface area contributed by atoms with Gasteiger partial charge in [-0.15, -0.1) is 0 Å². The number of fused-ring (bicyclic) bond motifs is 1. The minimum absolute atomic E-state index is 0.215. The maximum Gasteiger partial charge on any atom is 0.261 e. The second-order valence-corrected chi connectivity index (χ2v) is 6.64. The Kier molecular flexibility index (Phi) is 5.88. The Balaban J connectivity index is 1.87. The van der Waals surface area contributed by atoms with Crippen molar-refractivity contribution < 1.29 is 19.0 Å². The summed E-state index contributed by atoms with van der Waals surface area (Å²) in [5.41, 5.74) is 1.42. The van der Waals surface area contributed by atoms with Crippen LogP contribution in [0.4, 0.5) is 0 Å². The van der Waals surface area contributed by atoms with Crippen LogP contribution < -0.4 is 25.1 Å². The predicted octanol–water partition coefficient (Wildman–Crippen LogP) is 2.55. The lowest BCUT2D eigenvalue weighted by Crippen LogP contribution is -2.24. The number of methoxy groups -OCH3 is 3. The lowest BCUT2D eigenvalue weighted by Gasteiger charge is -2.14. The Bertz CT molecular complexity index is 1200. The lowest BCUT2D eigenvalue weighted by molar-refractivity contribution is 0.0950. The fourth-order valence-electron chi connectivity index (χ4n) is 2.96. The number of benzene rings is 2. The van der Waals surface area contributed by atoms with Gasteiger partial charge < -0.3 is 24.5 Å². The zero-order valence-corrected chi connectivity index (χ0v) is 17.3. The van der Waals surface area contributed by atoms with Crippen molar-refractivity contribution in [3.63, 3.8) is 0 Å². The molecule has 0 saturated carbocycles. The van der Waals surface area contributed by atoms with Gasteiger partial charge in [-0.25, -0.2) is 0 Å². The quantitative estimate of drug-likeness (QED) is 0.601. The van der Waals surface area contributed by atoms with Gasteiger partial charge in [0.05, 0.1) is 32.2 Å². The van der Waals surface area contributed by atoms with Gasteiger partial charge in [-0.3, -0.25) is 14.2 Å². The molecule has 0 aliphatic rings. The maximum absolute atomic E-state index is 12.6. The summed E-state index contributed by atoms with van der Waals surface area (Å²) in [5.74, 6) is 1.33. The van der Waals surface area contributed by atoms with E-state index in [0.717, 1.165) is 5.56 Å². The third-order valence-corrected chi connectivity index (χ3v) is 4.96. The summed E-state index contributed by atoms with van der Waals surface area (Å²) in [6.07, 6.45) is 0. The van der Waals surface area contributed by atoms with Crippen molar-refractivity contribution in [3.8, 4) is 17.2 Å². The Morgan fingerprint density at radius 3 is 2.38 bits per heavy atom. The molecule has 2 aromatic carbocycles. The molecule has 8 nitrogen and oxygen atoms in total. The molecular formula is C20H21N3O5S. The molecule has 0 fully saturated rings. The number of aromatic nitrogens is 2. The van der Waals surface area contributed by atoms with E-state index >= 15 is 0 Å². The minimum atomic E-state index is -0.302. The van der Waals surface area contributed by atoms with Gasteiger partial charge in [0.25, 0.3) is 11.5 Å². The zero-order valence-electron chi connectivity index (χ0n) is 16.5.